The summed E-state index contributed by atoms with van der Waals surface area (Å²) in [5.74, 6) is 1.18. The molecule has 0 radical (unpaired) electrons. The highest BCUT2D eigenvalue weighted by Crippen LogP contribution is 2.32. The van der Waals surface area contributed by atoms with Crippen molar-refractivity contribution in [3.8, 4) is 5.75 Å². The minimum absolute atomic E-state index is 0.0959. The highest BCUT2D eigenvalue weighted by atomic mass is 16.5. The third-order valence-electron chi connectivity index (χ3n) is 9.02. The molecule has 3 atom stereocenters. The molecule has 3 fully saturated rings. The molecule has 4 aliphatic heterocycles. The highest BCUT2D eigenvalue weighted by Gasteiger charge is 2.39. The Morgan fingerprint density at radius 2 is 1.79 bits per heavy atom. The van der Waals surface area contributed by atoms with E-state index in [1.165, 1.54) is 36.8 Å². The molecule has 8 heteroatoms. The Kier molecular flexibility index (Phi) is 7.86. The number of nitrogens with one attached hydrogen (secondary N) is 2. The summed E-state index contributed by atoms with van der Waals surface area (Å²) < 4.78 is 6.30. The number of rotatable bonds is 7. The molecule has 0 spiro atoms. The molecular weight excluding hydrogens is 492 g/mol. The number of likely N-dealkylation sites (tertiary alicyclic amines) is 1. The highest BCUT2D eigenvalue weighted by molar-refractivity contribution is 5.99. The van der Waals surface area contributed by atoms with Gasteiger partial charge in [-0.05, 0) is 92.5 Å². The van der Waals surface area contributed by atoms with Crippen LogP contribution in [-0.2, 0) is 17.9 Å². The Hall–Kier alpha value is -2.94. The van der Waals surface area contributed by atoms with Crippen LogP contribution < -0.4 is 15.4 Å². The van der Waals surface area contributed by atoms with Gasteiger partial charge in [0.1, 0.15) is 18.6 Å². The van der Waals surface area contributed by atoms with Crippen molar-refractivity contribution in [1.82, 2.24) is 20.4 Å². The first-order valence-corrected chi connectivity index (χ1v) is 14.6. The van der Waals surface area contributed by atoms with Gasteiger partial charge in [0.15, 0.2) is 0 Å². The van der Waals surface area contributed by atoms with Crippen LogP contribution in [0.15, 0.2) is 42.5 Å². The van der Waals surface area contributed by atoms with Gasteiger partial charge in [-0.25, -0.2) is 0 Å². The van der Waals surface area contributed by atoms with Gasteiger partial charge < -0.3 is 25.4 Å². The van der Waals surface area contributed by atoms with Gasteiger partial charge in [-0.15, -0.1) is 0 Å². The number of aliphatic hydroxyl groups excluding tert-OH is 1. The van der Waals surface area contributed by atoms with Crippen LogP contribution in [0, 0.1) is 0 Å². The molecule has 0 bridgehead atoms. The standard InChI is InChI=1S/C31H40N4O4/c36-29-11-10-28(30(37)33-29)35-19-24-17-26(8-9-27(24)31(35)38)39-20-25-3-1-2-16-34(25)18-21-4-6-22(7-5-21)23-12-14-32-15-13-23/h4-9,17,23,25,28,30,32,37H,1-3,10-16,18-20H2,(H,33,36)/t25-,28?,30?/m1/s1. The fourth-order valence-electron chi connectivity index (χ4n) is 6.71. The van der Waals surface area contributed by atoms with Crippen molar-refractivity contribution in [2.75, 3.05) is 26.2 Å². The maximum atomic E-state index is 13.0. The Bertz CT molecular complexity index is 1180. The van der Waals surface area contributed by atoms with Gasteiger partial charge in [0.05, 0.1) is 6.04 Å². The first kappa shape index (κ1) is 26.3. The van der Waals surface area contributed by atoms with Crippen molar-refractivity contribution in [3.63, 3.8) is 0 Å². The number of benzene rings is 2. The maximum Gasteiger partial charge on any atom is 0.254 e. The number of carbonyl (C=O) groups is 2. The second kappa shape index (κ2) is 11.7. The van der Waals surface area contributed by atoms with Crippen molar-refractivity contribution in [2.24, 2.45) is 0 Å². The normalized spacial score (nSPS) is 26.4. The van der Waals surface area contributed by atoms with E-state index in [1.54, 1.807) is 4.90 Å². The third-order valence-corrected chi connectivity index (χ3v) is 9.02. The molecule has 2 aromatic rings. The molecule has 4 aliphatic rings. The zero-order chi connectivity index (χ0) is 26.8. The summed E-state index contributed by atoms with van der Waals surface area (Å²) in [4.78, 5) is 28.8. The molecule has 0 saturated carbocycles. The van der Waals surface area contributed by atoms with Crippen LogP contribution in [0.3, 0.4) is 0 Å². The smallest absolute Gasteiger partial charge is 0.254 e. The molecule has 3 N–H and O–H groups in total. The molecule has 2 aromatic carbocycles. The van der Waals surface area contributed by atoms with Gasteiger partial charge in [-0.3, -0.25) is 14.5 Å². The van der Waals surface area contributed by atoms with Crippen LogP contribution in [0.4, 0.5) is 0 Å². The van der Waals surface area contributed by atoms with E-state index in [1.807, 2.05) is 18.2 Å². The van der Waals surface area contributed by atoms with Gasteiger partial charge in [0.2, 0.25) is 5.91 Å². The second-order valence-electron chi connectivity index (χ2n) is 11.6. The average Bonchev–Trinajstić information content (AvgIpc) is 3.28. The molecule has 2 amide bonds. The van der Waals surface area contributed by atoms with E-state index in [2.05, 4.69) is 39.8 Å². The summed E-state index contributed by atoms with van der Waals surface area (Å²) >= 11 is 0. The number of piperidine rings is 3. The first-order chi connectivity index (χ1) is 19.0. The predicted octanol–water partition coefficient (Wildman–Crippen LogP) is 3.14. The van der Waals surface area contributed by atoms with Crippen molar-refractivity contribution in [2.45, 2.75) is 82.3 Å². The van der Waals surface area contributed by atoms with Crippen LogP contribution in [-0.4, -0.2) is 71.3 Å². The summed E-state index contributed by atoms with van der Waals surface area (Å²) in [7, 11) is 0. The van der Waals surface area contributed by atoms with Crippen LogP contribution >= 0.6 is 0 Å². The van der Waals surface area contributed by atoms with Gasteiger partial charge in [-0.2, -0.15) is 0 Å². The SMILES string of the molecule is O=C1CCC(N2Cc3cc(OC[C@H]4CCCCN4Cc4ccc(C5CCNCC5)cc4)ccc3C2=O)C(O)N1. The molecule has 0 aromatic heterocycles. The maximum absolute atomic E-state index is 13.0. The monoisotopic (exact) mass is 532 g/mol. The summed E-state index contributed by atoms with van der Waals surface area (Å²) in [5, 5.41) is 16.3. The van der Waals surface area contributed by atoms with Crippen molar-refractivity contribution < 1.29 is 19.4 Å². The molecule has 6 rings (SSSR count). The lowest BCUT2D eigenvalue weighted by Crippen LogP contribution is -2.55. The van der Waals surface area contributed by atoms with Crippen molar-refractivity contribution in [3.05, 3.63) is 64.7 Å². The van der Waals surface area contributed by atoms with Gasteiger partial charge in [0, 0.05) is 31.1 Å². The zero-order valence-corrected chi connectivity index (χ0v) is 22.6. The molecule has 3 saturated heterocycles. The fourth-order valence-corrected chi connectivity index (χ4v) is 6.71. The minimum atomic E-state index is -1.03. The van der Waals surface area contributed by atoms with Gasteiger partial charge >= 0.3 is 0 Å². The number of hydrogen-bond donors (Lipinski definition) is 3. The Labute approximate surface area is 230 Å². The number of nitrogens with zero attached hydrogens (tertiary/aromatic N) is 2. The number of ether oxygens (including phenoxy) is 1. The molecule has 2 unspecified atom stereocenters. The lowest BCUT2D eigenvalue weighted by Gasteiger charge is -2.35. The fraction of sp³-hybridized carbons (Fsp3) is 0.548. The van der Waals surface area contributed by atoms with Gasteiger partial charge in [-0.1, -0.05) is 30.7 Å². The molecule has 208 valence electrons. The summed E-state index contributed by atoms with van der Waals surface area (Å²) in [6.07, 6.45) is 5.75. The van der Waals surface area contributed by atoms with Crippen LogP contribution in [0.25, 0.3) is 0 Å². The van der Waals surface area contributed by atoms with E-state index in [4.69, 9.17) is 4.74 Å². The third kappa shape index (κ3) is 5.83. The number of fused-ring (bicyclic) bond motifs is 1. The quantitative estimate of drug-likeness (QED) is 0.507. The number of hydrogen-bond acceptors (Lipinski definition) is 6. The second-order valence-corrected chi connectivity index (χ2v) is 11.6. The number of amides is 2. The minimum Gasteiger partial charge on any atom is -0.492 e. The van der Waals surface area contributed by atoms with Crippen LogP contribution in [0.1, 0.15) is 77.9 Å². The van der Waals surface area contributed by atoms with E-state index in [0.29, 0.717) is 43.5 Å². The zero-order valence-electron chi connectivity index (χ0n) is 22.6. The van der Waals surface area contributed by atoms with E-state index >= 15 is 0 Å². The Morgan fingerprint density at radius 1 is 0.974 bits per heavy atom. The largest absolute Gasteiger partial charge is 0.492 e. The lowest BCUT2D eigenvalue weighted by atomic mass is 9.90. The molecule has 8 nitrogen and oxygen atoms in total. The van der Waals surface area contributed by atoms with E-state index < -0.39 is 12.3 Å². The molecule has 4 heterocycles. The van der Waals surface area contributed by atoms with E-state index in [9.17, 15) is 14.7 Å². The summed E-state index contributed by atoms with van der Waals surface area (Å²) in [5.41, 5.74) is 4.39. The Morgan fingerprint density at radius 3 is 2.59 bits per heavy atom. The van der Waals surface area contributed by atoms with Crippen molar-refractivity contribution in [1.29, 1.82) is 0 Å². The van der Waals surface area contributed by atoms with E-state index in [-0.39, 0.29) is 11.8 Å². The first-order valence-electron chi connectivity index (χ1n) is 14.6. The topological polar surface area (TPSA) is 94.1 Å². The average molecular weight is 533 g/mol. The lowest BCUT2D eigenvalue weighted by molar-refractivity contribution is -0.129. The van der Waals surface area contributed by atoms with E-state index in [0.717, 1.165) is 43.9 Å². The predicted molar refractivity (Wildman–Crippen MR) is 148 cm³/mol. The van der Waals surface area contributed by atoms with Crippen LogP contribution in [0.2, 0.25) is 0 Å². The summed E-state index contributed by atoms with van der Waals surface area (Å²) in [6, 6.07) is 14.9. The van der Waals surface area contributed by atoms with Gasteiger partial charge in [0.25, 0.3) is 5.91 Å². The number of aliphatic hydroxyl groups is 1. The Balaban J connectivity index is 1.06. The molecule has 39 heavy (non-hydrogen) atoms. The molecule has 0 aliphatic carbocycles. The summed E-state index contributed by atoms with van der Waals surface area (Å²) in [6.45, 7) is 5.29. The van der Waals surface area contributed by atoms with Crippen molar-refractivity contribution >= 4 is 11.8 Å². The number of carbonyl (C=O) groups excluding carboxylic acids is 2. The molecular formula is C31H40N4O4. The van der Waals surface area contributed by atoms with Crippen LogP contribution in [0.5, 0.6) is 5.75 Å².